The molecule has 31 heavy (non-hydrogen) atoms. The Balaban J connectivity index is 1.46. The molecule has 0 aromatic heterocycles. The van der Waals surface area contributed by atoms with Gasteiger partial charge in [-0.2, -0.15) is 0 Å². The molecule has 0 saturated heterocycles. The van der Waals surface area contributed by atoms with Crippen LogP contribution in [-0.4, -0.2) is 33.4 Å². The highest BCUT2D eigenvalue weighted by Crippen LogP contribution is 2.31. The molecule has 3 aromatic rings. The van der Waals surface area contributed by atoms with Crippen molar-refractivity contribution in [3.63, 3.8) is 0 Å². The lowest BCUT2D eigenvalue weighted by Crippen LogP contribution is -2.43. The van der Waals surface area contributed by atoms with Gasteiger partial charge < -0.3 is 10.1 Å². The number of ether oxygens (including phenoxy) is 1. The first-order valence-electron chi connectivity index (χ1n) is 9.42. The number of fused-ring (bicyclic) bond motifs is 1. The largest absolute Gasteiger partial charge is 0.482 e. The summed E-state index contributed by atoms with van der Waals surface area (Å²) in [5.74, 6) is -0.210. The molecule has 1 aliphatic rings. The number of carbonyl (C=O) groups excluding carboxylic acids is 2. The van der Waals surface area contributed by atoms with E-state index in [1.54, 1.807) is 60.7 Å². The van der Waals surface area contributed by atoms with Gasteiger partial charge in [-0.05, 0) is 42.5 Å². The van der Waals surface area contributed by atoms with E-state index in [9.17, 15) is 18.0 Å². The van der Waals surface area contributed by atoms with Crippen molar-refractivity contribution in [2.75, 3.05) is 28.1 Å². The van der Waals surface area contributed by atoms with Gasteiger partial charge in [0.2, 0.25) is 5.91 Å². The molecule has 2 amide bonds. The fourth-order valence-electron chi connectivity index (χ4n) is 3.15. The molecule has 2 N–H and O–H groups in total. The average Bonchev–Trinajstić information content (AvgIpc) is 2.76. The topological polar surface area (TPSA) is 105 Å². The standard InChI is InChI=1S/C22H19N3O5S/c26-21(14-25-19-11-4-5-12-20(19)30-15-22(25)27)23-16-7-6-8-17(13-16)24-31(28,29)18-9-2-1-3-10-18/h1-13,24H,14-15H2,(H,23,26). The van der Waals surface area contributed by atoms with E-state index in [4.69, 9.17) is 4.74 Å². The molecule has 1 heterocycles. The van der Waals surface area contributed by atoms with Crippen LogP contribution in [0.15, 0.2) is 83.8 Å². The van der Waals surface area contributed by atoms with Gasteiger partial charge in [-0.3, -0.25) is 19.2 Å². The molecular weight excluding hydrogens is 418 g/mol. The summed E-state index contributed by atoms with van der Waals surface area (Å²) in [5, 5.41) is 2.70. The fourth-order valence-corrected chi connectivity index (χ4v) is 4.22. The Labute approximate surface area is 179 Å². The van der Waals surface area contributed by atoms with E-state index in [2.05, 4.69) is 10.0 Å². The number of sulfonamides is 1. The number of nitrogens with one attached hydrogen (secondary N) is 2. The van der Waals surface area contributed by atoms with E-state index in [0.717, 1.165) is 0 Å². The smallest absolute Gasteiger partial charge is 0.265 e. The van der Waals surface area contributed by atoms with Crippen molar-refractivity contribution in [2.45, 2.75) is 4.90 Å². The molecule has 0 aliphatic carbocycles. The highest BCUT2D eigenvalue weighted by molar-refractivity contribution is 7.92. The summed E-state index contributed by atoms with van der Waals surface area (Å²) in [5.41, 5.74) is 1.22. The monoisotopic (exact) mass is 437 g/mol. The minimum atomic E-state index is -3.75. The minimum Gasteiger partial charge on any atom is -0.482 e. The number of hydrogen-bond donors (Lipinski definition) is 2. The minimum absolute atomic E-state index is 0.133. The third-order valence-corrected chi connectivity index (χ3v) is 5.96. The predicted octanol–water partition coefficient (Wildman–Crippen LogP) is 2.85. The molecular formula is C22H19N3O5S. The Morgan fingerprint density at radius 1 is 0.935 bits per heavy atom. The summed E-state index contributed by atoms with van der Waals surface area (Å²) in [6.45, 7) is -0.333. The number of nitrogens with zero attached hydrogens (tertiary/aromatic N) is 1. The zero-order valence-corrected chi connectivity index (χ0v) is 17.1. The zero-order valence-electron chi connectivity index (χ0n) is 16.3. The van der Waals surface area contributed by atoms with E-state index in [-0.39, 0.29) is 24.0 Å². The highest BCUT2D eigenvalue weighted by atomic mass is 32.2. The van der Waals surface area contributed by atoms with Crippen LogP contribution in [0.4, 0.5) is 17.1 Å². The van der Waals surface area contributed by atoms with Crippen molar-refractivity contribution in [3.8, 4) is 5.75 Å². The molecule has 0 atom stereocenters. The molecule has 8 nitrogen and oxygen atoms in total. The van der Waals surface area contributed by atoms with E-state index in [1.807, 2.05) is 0 Å². The Morgan fingerprint density at radius 3 is 2.45 bits per heavy atom. The first-order chi connectivity index (χ1) is 14.9. The summed E-state index contributed by atoms with van der Waals surface area (Å²) < 4.78 is 32.9. The molecule has 4 rings (SSSR count). The molecule has 0 bridgehead atoms. The average molecular weight is 437 g/mol. The molecule has 0 fully saturated rings. The van der Waals surface area contributed by atoms with Crippen molar-refractivity contribution in [3.05, 3.63) is 78.9 Å². The van der Waals surface area contributed by atoms with Crippen LogP contribution < -0.4 is 19.7 Å². The summed E-state index contributed by atoms with van der Waals surface area (Å²) in [6.07, 6.45) is 0. The second kappa shape index (κ2) is 8.49. The van der Waals surface area contributed by atoms with Gasteiger partial charge in [0.25, 0.3) is 15.9 Å². The van der Waals surface area contributed by atoms with Gasteiger partial charge >= 0.3 is 0 Å². The molecule has 158 valence electrons. The number of carbonyl (C=O) groups is 2. The third-order valence-electron chi connectivity index (χ3n) is 4.56. The number of para-hydroxylation sites is 2. The van der Waals surface area contributed by atoms with Crippen LogP contribution in [-0.2, 0) is 19.6 Å². The summed E-state index contributed by atoms with van der Waals surface area (Å²) in [4.78, 5) is 26.3. The van der Waals surface area contributed by atoms with Gasteiger partial charge in [0, 0.05) is 5.69 Å². The van der Waals surface area contributed by atoms with Gasteiger partial charge in [-0.1, -0.05) is 36.4 Å². The summed E-state index contributed by atoms with van der Waals surface area (Å²) in [6, 6.07) is 21.3. The first kappa shape index (κ1) is 20.4. The molecule has 3 aromatic carbocycles. The van der Waals surface area contributed by atoms with Crippen LogP contribution in [0.5, 0.6) is 5.75 Å². The van der Waals surface area contributed by atoms with Crippen molar-refractivity contribution in [1.82, 2.24) is 0 Å². The lowest BCUT2D eigenvalue weighted by molar-refractivity contribution is -0.123. The SMILES string of the molecule is O=C(CN1C(=O)COc2ccccc21)Nc1cccc(NS(=O)(=O)c2ccccc2)c1. The molecule has 0 spiro atoms. The van der Waals surface area contributed by atoms with Crippen molar-refractivity contribution < 1.29 is 22.7 Å². The van der Waals surface area contributed by atoms with Crippen LogP contribution in [0.3, 0.4) is 0 Å². The highest BCUT2D eigenvalue weighted by Gasteiger charge is 2.27. The quantitative estimate of drug-likeness (QED) is 0.617. The Bertz CT molecular complexity index is 1230. The molecule has 0 radical (unpaired) electrons. The number of benzene rings is 3. The normalized spacial score (nSPS) is 13.2. The van der Waals surface area contributed by atoms with E-state index >= 15 is 0 Å². The van der Waals surface area contributed by atoms with Crippen molar-refractivity contribution >= 4 is 38.9 Å². The van der Waals surface area contributed by atoms with Crippen LogP contribution in [0.1, 0.15) is 0 Å². The van der Waals surface area contributed by atoms with Crippen LogP contribution in [0.25, 0.3) is 0 Å². The van der Waals surface area contributed by atoms with Gasteiger partial charge in [0.05, 0.1) is 16.3 Å². The van der Waals surface area contributed by atoms with E-state index in [1.165, 1.54) is 23.1 Å². The molecule has 0 saturated carbocycles. The van der Waals surface area contributed by atoms with Gasteiger partial charge in [-0.25, -0.2) is 8.42 Å². The maximum atomic E-state index is 12.6. The molecule has 0 unspecified atom stereocenters. The van der Waals surface area contributed by atoms with Gasteiger partial charge in [0.15, 0.2) is 6.61 Å². The Kier molecular flexibility index (Phi) is 5.59. The summed E-state index contributed by atoms with van der Waals surface area (Å²) >= 11 is 0. The fraction of sp³-hybridized carbons (Fsp3) is 0.0909. The summed E-state index contributed by atoms with van der Waals surface area (Å²) in [7, 11) is -3.75. The van der Waals surface area contributed by atoms with Gasteiger partial charge in [-0.15, -0.1) is 0 Å². The van der Waals surface area contributed by atoms with Crippen LogP contribution in [0, 0.1) is 0 Å². The number of anilines is 3. The second-order valence-corrected chi connectivity index (χ2v) is 8.47. The third kappa shape index (κ3) is 4.67. The zero-order chi connectivity index (χ0) is 21.8. The van der Waals surface area contributed by atoms with E-state index in [0.29, 0.717) is 22.8 Å². The Hall–Kier alpha value is -3.85. The predicted molar refractivity (Wildman–Crippen MR) is 117 cm³/mol. The van der Waals surface area contributed by atoms with Crippen molar-refractivity contribution in [1.29, 1.82) is 0 Å². The molecule has 9 heteroatoms. The van der Waals surface area contributed by atoms with Gasteiger partial charge in [0.1, 0.15) is 12.3 Å². The maximum Gasteiger partial charge on any atom is 0.265 e. The molecule has 1 aliphatic heterocycles. The van der Waals surface area contributed by atoms with Crippen molar-refractivity contribution in [2.24, 2.45) is 0 Å². The first-order valence-corrected chi connectivity index (χ1v) is 10.9. The van der Waals surface area contributed by atoms with Crippen LogP contribution >= 0.6 is 0 Å². The lowest BCUT2D eigenvalue weighted by Gasteiger charge is -2.28. The van der Waals surface area contributed by atoms with Crippen LogP contribution in [0.2, 0.25) is 0 Å². The maximum absolute atomic E-state index is 12.6. The second-order valence-electron chi connectivity index (χ2n) is 6.78. The number of amides is 2. The number of hydrogen-bond acceptors (Lipinski definition) is 5. The number of rotatable bonds is 6. The lowest BCUT2D eigenvalue weighted by atomic mass is 10.2. The van der Waals surface area contributed by atoms with E-state index < -0.39 is 15.9 Å². The Morgan fingerprint density at radius 2 is 1.65 bits per heavy atom.